The molecule has 0 radical (unpaired) electrons. The SMILES string of the molecule is O=C(c1ccc(-c2ccccc2Br)cc1)C(O)O. The lowest BCUT2D eigenvalue weighted by Gasteiger charge is -2.06. The van der Waals surface area contributed by atoms with Gasteiger partial charge in [-0.05, 0) is 17.2 Å². The highest BCUT2D eigenvalue weighted by molar-refractivity contribution is 9.10. The van der Waals surface area contributed by atoms with Gasteiger partial charge >= 0.3 is 0 Å². The average Bonchev–Trinajstić information content (AvgIpc) is 2.38. The summed E-state index contributed by atoms with van der Waals surface area (Å²) in [5.74, 6) is -0.700. The molecule has 0 aromatic heterocycles. The van der Waals surface area contributed by atoms with E-state index in [1.807, 2.05) is 24.3 Å². The first-order valence-corrected chi connectivity index (χ1v) is 6.14. The van der Waals surface area contributed by atoms with Crippen LogP contribution < -0.4 is 0 Å². The maximum absolute atomic E-state index is 11.3. The van der Waals surface area contributed by atoms with Crippen LogP contribution in [0.15, 0.2) is 53.0 Å². The zero-order valence-corrected chi connectivity index (χ0v) is 11.0. The molecule has 0 amide bonds. The molecule has 2 rings (SSSR count). The van der Waals surface area contributed by atoms with Gasteiger partial charge in [-0.3, -0.25) is 4.79 Å². The second-order valence-electron chi connectivity index (χ2n) is 3.80. The molecule has 0 aliphatic heterocycles. The zero-order valence-electron chi connectivity index (χ0n) is 9.38. The van der Waals surface area contributed by atoms with E-state index in [1.165, 1.54) is 0 Å². The third-order valence-electron chi connectivity index (χ3n) is 2.59. The molecular weight excluding hydrogens is 296 g/mol. The standard InChI is InChI=1S/C14H11BrO3/c15-12-4-2-1-3-11(12)9-5-7-10(8-6-9)13(16)14(17)18/h1-8,14,17-18H. The van der Waals surface area contributed by atoms with E-state index in [-0.39, 0.29) is 5.56 Å². The Morgan fingerprint density at radius 1 is 1.00 bits per heavy atom. The molecule has 0 atom stereocenters. The molecule has 0 aliphatic rings. The van der Waals surface area contributed by atoms with Gasteiger partial charge in [0.2, 0.25) is 12.1 Å². The Morgan fingerprint density at radius 2 is 1.61 bits per heavy atom. The van der Waals surface area contributed by atoms with Crippen LogP contribution >= 0.6 is 15.9 Å². The number of halogens is 1. The number of benzene rings is 2. The van der Waals surface area contributed by atoms with Crippen molar-refractivity contribution in [3.05, 3.63) is 58.6 Å². The van der Waals surface area contributed by atoms with Crippen LogP contribution in [0.1, 0.15) is 10.4 Å². The third-order valence-corrected chi connectivity index (χ3v) is 3.28. The summed E-state index contributed by atoms with van der Waals surface area (Å²) in [5, 5.41) is 17.6. The fraction of sp³-hybridized carbons (Fsp3) is 0.0714. The van der Waals surface area contributed by atoms with Gasteiger partial charge < -0.3 is 10.2 Å². The van der Waals surface area contributed by atoms with Gasteiger partial charge in [0.05, 0.1) is 0 Å². The van der Waals surface area contributed by atoms with Crippen LogP contribution in [0, 0.1) is 0 Å². The number of rotatable bonds is 3. The van der Waals surface area contributed by atoms with Crippen LogP contribution in [0.3, 0.4) is 0 Å². The molecule has 2 aromatic carbocycles. The first-order valence-electron chi connectivity index (χ1n) is 5.35. The Kier molecular flexibility index (Phi) is 3.91. The van der Waals surface area contributed by atoms with E-state index in [9.17, 15) is 4.79 Å². The van der Waals surface area contributed by atoms with Crippen molar-refractivity contribution >= 4 is 21.7 Å². The van der Waals surface area contributed by atoms with Crippen LogP contribution in [0.4, 0.5) is 0 Å². The van der Waals surface area contributed by atoms with Crippen molar-refractivity contribution in [1.29, 1.82) is 0 Å². The summed E-state index contributed by atoms with van der Waals surface area (Å²) in [6.45, 7) is 0. The second-order valence-corrected chi connectivity index (χ2v) is 4.65. The molecule has 0 unspecified atom stereocenters. The van der Waals surface area contributed by atoms with E-state index < -0.39 is 12.1 Å². The van der Waals surface area contributed by atoms with Crippen LogP contribution in [0.2, 0.25) is 0 Å². The molecule has 0 saturated heterocycles. The van der Waals surface area contributed by atoms with E-state index in [2.05, 4.69) is 15.9 Å². The topological polar surface area (TPSA) is 57.5 Å². The molecule has 2 aromatic rings. The lowest BCUT2D eigenvalue weighted by atomic mass is 10.0. The largest absolute Gasteiger partial charge is 0.362 e. The Labute approximate surface area is 113 Å². The number of aliphatic hydroxyl groups is 2. The molecule has 0 aliphatic carbocycles. The van der Waals surface area contributed by atoms with Gasteiger partial charge in [0.25, 0.3) is 0 Å². The van der Waals surface area contributed by atoms with Gasteiger partial charge in [-0.1, -0.05) is 58.4 Å². The molecule has 0 saturated carbocycles. The maximum Gasteiger partial charge on any atom is 0.218 e. The van der Waals surface area contributed by atoms with Crippen molar-refractivity contribution in [2.24, 2.45) is 0 Å². The van der Waals surface area contributed by atoms with Gasteiger partial charge in [0.15, 0.2) is 0 Å². The van der Waals surface area contributed by atoms with Crippen molar-refractivity contribution in [3.8, 4) is 11.1 Å². The lowest BCUT2D eigenvalue weighted by molar-refractivity contribution is -0.0195. The number of hydrogen-bond donors (Lipinski definition) is 2. The van der Waals surface area contributed by atoms with Crippen LogP contribution in [0.5, 0.6) is 0 Å². The van der Waals surface area contributed by atoms with E-state index in [0.717, 1.165) is 15.6 Å². The van der Waals surface area contributed by atoms with E-state index in [1.54, 1.807) is 24.3 Å². The zero-order chi connectivity index (χ0) is 13.1. The minimum atomic E-state index is -1.96. The van der Waals surface area contributed by atoms with Gasteiger partial charge in [-0.2, -0.15) is 0 Å². The first-order chi connectivity index (χ1) is 8.59. The fourth-order valence-electron chi connectivity index (χ4n) is 1.66. The minimum Gasteiger partial charge on any atom is -0.362 e. The summed E-state index contributed by atoms with van der Waals surface area (Å²) in [4.78, 5) is 11.3. The quantitative estimate of drug-likeness (QED) is 0.677. The fourth-order valence-corrected chi connectivity index (χ4v) is 2.17. The molecule has 0 heterocycles. The molecular formula is C14H11BrO3. The predicted molar refractivity (Wildman–Crippen MR) is 72.1 cm³/mol. The van der Waals surface area contributed by atoms with Crippen LogP contribution in [-0.4, -0.2) is 22.3 Å². The van der Waals surface area contributed by atoms with Crippen molar-refractivity contribution in [2.75, 3.05) is 0 Å². The van der Waals surface area contributed by atoms with Crippen molar-refractivity contribution in [2.45, 2.75) is 6.29 Å². The molecule has 4 heteroatoms. The maximum atomic E-state index is 11.3. The van der Waals surface area contributed by atoms with Crippen LogP contribution in [-0.2, 0) is 0 Å². The molecule has 3 nitrogen and oxygen atoms in total. The lowest BCUT2D eigenvalue weighted by Crippen LogP contribution is -2.19. The molecule has 0 fully saturated rings. The van der Waals surface area contributed by atoms with E-state index >= 15 is 0 Å². The molecule has 18 heavy (non-hydrogen) atoms. The highest BCUT2D eigenvalue weighted by Gasteiger charge is 2.13. The Morgan fingerprint density at radius 3 is 2.17 bits per heavy atom. The first kappa shape index (κ1) is 13.0. The molecule has 2 N–H and O–H groups in total. The summed E-state index contributed by atoms with van der Waals surface area (Å²) < 4.78 is 0.964. The highest BCUT2D eigenvalue weighted by atomic mass is 79.9. The normalized spacial score (nSPS) is 10.7. The molecule has 92 valence electrons. The minimum absolute atomic E-state index is 0.279. The summed E-state index contributed by atoms with van der Waals surface area (Å²) in [5.41, 5.74) is 2.24. The highest BCUT2D eigenvalue weighted by Crippen LogP contribution is 2.28. The smallest absolute Gasteiger partial charge is 0.218 e. The van der Waals surface area contributed by atoms with E-state index in [4.69, 9.17) is 10.2 Å². The number of Topliss-reactive ketones (excluding diaryl/α,β-unsaturated/α-hetero) is 1. The molecule has 0 spiro atoms. The number of hydrogen-bond acceptors (Lipinski definition) is 3. The van der Waals surface area contributed by atoms with Crippen molar-refractivity contribution in [3.63, 3.8) is 0 Å². The average molecular weight is 307 g/mol. The third kappa shape index (κ3) is 2.67. The molecule has 0 bridgehead atoms. The summed E-state index contributed by atoms with van der Waals surface area (Å²) >= 11 is 3.46. The van der Waals surface area contributed by atoms with Gasteiger partial charge in [-0.25, -0.2) is 0 Å². The summed E-state index contributed by atoms with van der Waals surface area (Å²) in [7, 11) is 0. The number of ketones is 1. The Bertz CT molecular complexity index is 562. The van der Waals surface area contributed by atoms with Crippen molar-refractivity contribution in [1.82, 2.24) is 0 Å². The van der Waals surface area contributed by atoms with Crippen molar-refractivity contribution < 1.29 is 15.0 Å². The van der Waals surface area contributed by atoms with E-state index in [0.29, 0.717) is 0 Å². The Hall–Kier alpha value is -1.49. The predicted octanol–water partition coefficient (Wildman–Crippen LogP) is 2.61. The van der Waals surface area contributed by atoms with Crippen LogP contribution in [0.25, 0.3) is 11.1 Å². The monoisotopic (exact) mass is 306 g/mol. The summed E-state index contributed by atoms with van der Waals surface area (Å²) in [6.07, 6.45) is -1.96. The number of carbonyl (C=O) groups excluding carboxylic acids is 1. The van der Waals surface area contributed by atoms with Gasteiger partial charge in [0.1, 0.15) is 0 Å². The second kappa shape index (κ2) is 5.44. The Balaban J connectivity index is 2.34. The summed E-state index contributed by atoms with van der Waals surface area (Å²) in [6, 6.07) is 14.5. The van der Waals surface area contributed by atoms with Gasteiger partial charge in [-0.15, -0.1) is 0 Å². The number of aliphatic hydroxyl groups excluding tert-OH is 1. The number of carbonyl (C=O) groups is 1. The van der Waals surface area contributed by atoms with Gasteiger partial charge in [0, 0.05) is 10.0 Å².